The summed E-state index contributed by atoms with van der Waals surface area (Å²) in [5, 5.41) is 9.25. The number of nitrogens with zero attached hydrogens (tertiary/aromatic N) is 2. The molecule has 22 heavy (non-hydrogen) atoms. The summed E-state index contributed by atoms with van der Waals surface area (Å²) in [7, 11) is 0. The van der Waals surface area contributed by atoms with Crippen LogP contribution in [0.5, 0.6) is 0 Å². The molecular formula is C18H24N4. The molecule has 0 aliphatic carbocycles. The molecule has 3 aromatic rings. The molecule has 2 aromatic heterocycles. The standard InChI is InChI=1S/C18H24N4/c1-18(2,3)22-13-14(11-21-22)10-19-9-8-15-12-20-17-7-5-4-6-16(15)17/h4-7,11-13,19-20H,8-10H2,1-3H3. The Hall–Kier alpha value is -2.07. The molecule has 0 radical (unpaired) electrons. The van der Waals surface area contributed by atoms with Gasteiger partial charge in [-0.25, -0.2) is 0 Å². The summed E-state index contributed by atoms with van der Waals surface area (Å²) in [6.45, 7) is 8.30. The molecule has 2 heterocycles. The van der Waals surface area contributed by atoms with Crippen molar-refractivity contribution in [2.75, 3.05) is 6.54 Å². The van der Waals surface area contributed by atoms with Crippen LogP contribution in [-0.4, -0.2) is 21.3 Å². The van der Waals surface area contributed by atoms with E-state index in [1.807, 2.05) is 10.9 Å². The van der Waals surface area contributed by atoms with Crippen molar-refractivity contribution < 1.29 is 0 Å². The summed E-state index contributed by atoms with van der Waals surface area (Å²) in [6.07, 6.45) is 7.21. The van der Waals surface area contributed by atoms with Crippen LogP contribution in [0.1, 0.15) is 31.9 Å². The molecular weight excluding hydrogens is 272 g/mol. The lowest BCUT2D eigenvalue weighted by Crippen LogP contribution is -2.22. The number of hydrogen-bond donors (Lipinski definition) is 2. The number of aromatic amines is 1. The molecule has 0 aliphatic rings. The molecule has 4 heteroatoms. The summed E-state index contributed by atoms with van der Waals surface area (Å²) >= 11 is 0. The van der Waals surface area contributed by atoms with Crippen LogP contribution in [0.4, 0.5) is 0 Å². The summed E-state index contributed by atoms with van der Waals surface area (Å²) in [5.41, 5.74) is 3.86. The third-order valence-corrected chi connectivity index (χ3v) is 3.90. The molecule has 0 amide bonds. The van der Waals surface area contributed by atoms with E-state index in [-0.39, 0.29) is 5.54 Å². The first kappa shape index (κ1) is 14.9. The fourth-order valence-corrected chi connectivity index (χ4v) is 2.61. The van der Waals surface area contributed by atoms with E-state index in [1.165, 1.54) is 22.0 Å². The lowest BCUT2D eigenvalue weighted by molar-refractivity contribution is 0.355. The van der Waals surface area contributed by atoms with Crippen molar-refractivity contribution >= 4 is 10.9 Å². The van der Waals surface area contributed by atoms with Crippen LogP contribution in [0.15, 0.2) is 42.9 Å². The highest BCUT2D eigenvalue weighted by Crippen LogP contribution is 2.17. The minimum absolute atomic E-state index is 0.0439. The first-order valence-electron chi connectivity index (χ1n) is 7.84. The van der Waals surface area contributed by atoms with Gasteiger partial charge >= 0.3 is 0 Å². The van der Waals surface area contributed by atoms with Crippen molar-refractivity contribution in [3.8, 4) is 0 Å². The molecule has 0 atom stereocenters. The lowest BCUT2D eigenvalue weighted by atomic mass is 10.1. The van der Waals surface area contributed by atoms with Crippen molar-refractivity contribution in [2.24, 2.45) is 0 Å². The van der Waals surface area contributed by atoms with Crippen molar-refractivity contribution in [1.82, 2.24) is 20.1 Å². The van der Waals surface area contributed by atoms with E-state index in [2.05, 4.69) is 72.8 Å². The fraction of sp³-hybridized carbons (Fsp3) is 0.389. The van der Waals surface area contributed by atoms with Crippen molar-refractivity contribution in [1.29, 1.82) is 0 Å². The molecule has 4 nitrogen and oxygen atoms in total. The molecule has 3 rings (SSSR count). The highest BCUT2D eigenvalue weighted by molar-refractivity contribution is 5.83. The van der Waals surface area contributed by atoms with Crippen LogP contribution in [0.25, 0.3) is 10.9 Å². The van der Waals surface area contributed by atoms with Gasteiger partial charge in [-0.15, -0.1) is 0 Å². The van der Waals surface area contributed by atoms with E-state index in [4.69, 9.17) is 0 Å². The quantitative estimate of drug-likeness (QED) is 0.708. The maximum atomic E-state index is 4.43. The maximum absolute atomic E-state index is 4.43. The Balaban J connectivity index is 1.52. The monoisotopic (exact) mass is 296 g/mol. The number of aromatic nitrogens is 3. The third-order valence-electron chi connectivity index (χ3n) is 3.90. The SMILES string of the molecule is CC(C)(C)n1cc(CNCCc2c[nH]c3ccccc23)cn1. The van der Waals surface area contributed by atoms with Gasteiger partial charge in [-0.1, -0.05) is 18.2 Å². The highest BCUT2D eigenvalue weighted by Gasteiger charge is 2.13. The number of para-hydroxylation sites is 1. The molecule has 0 fully saturated rings. The number of benzene rings is 1. The lowest BCUT2D eigenvalue weighted by Gasteiger charge is -2.18. The van der Waals surface area contributed by atoms with Crippen LogP contribution in [-0.2, 0) is 18.5 Å². The first-order chi connectivity index (χ1) is 10.5. The normalized spacial score (nSPS) is 12.1. The van der Waals surface area contributed by atoms with Crippen molar-refractivity contribution in [3.63, 3.8) is 0 Å². The average molecular weight is 296 g/mol. The highest BCUT2D eigenvalue weighted by atomic mass is 15.3. The number of hydrogen-bond acceptors (Lipinski definition) is 2. The van der Waals surface area contributed by atoms with Gasteiger partial charge in [-0.05, 0) is 45.4 Å². The second kappa shape index (κ2) is 5.97. The van der Waals surface area contributed by atoms with Crippen molar-refractivity contribution in [3.05, 3.63) is 54.0 Å². The Labute approximate surface area is 131 Å². The topological polar surface area (TPSA) is 45.6 Å². The van der Waals surface area contributed by atoms with Gasteiger partial charge in [0.15, 0.2) is 0 Å². The number of rotatable bonds is 5. The maximum Gasteiger partial charge on any atom is 0.0543 e. The van der Waals surface area contributed by atoms with Gasteiger partial charge in [-0.3, -0.25) is 4.68 Å². The zero-order valence-electron chi connectivity index (χ0n) is 13.6. The van der Waals surface area contributed by atoms with Crippen LogP contribution >= 0.6 is 0 Å². The van der Waals surface area contributed by atoms with E-state index in [1.54, 1.807) is 0 Å². The van der Waals surface area contributed by atoms with E-state index >= 15 is 0 Å². The summed E-state index contributed by atoms with van der Waals surface area (Å²) in [5.74, 6) is 0. The zero-order valence-corrected chi connectivity index (χ0v) is 13.6. The fourth-order valence-electron chi connectivity index (χ4n) is 2.61. The van der Waals surface area contributed by atoms with Crippen molar-refractivity contribution in [2.45, 2.75) is 39.3 Å². The molecule has 0 aliphatic heterocycles. The molecule has 0 bridgehead atoms. The molecule has 1 aromatic carbocycles. The van der Waals surface area contributed by atoms with Crippen LogP contribution in [0, 0.1) is 0 Å². The van der Waals surface area contributed by atoms with E-state index in [0.717, 1.165) is 19.5 Å². The van der Waals surface area contributed by atoms with E-state index in [9.17, 15) is 0 Å². The van der Waals surface area contributed by atoms with Gasteiger partial charge < -0.3 is 10.3 Å². The number of H-pyrrole nitrogens is 1. The summed E-state index contributed by atoms with van der Waals surface area (Å²) < 4.78 is 2.02. The molecule has 0 unspecified atom stereocenters. The van der Waals surface area contributed by atoms with Gasteiger partial charge in [-0.2, -0.15) is 5.10 Å². The third kappa shape index (κ3) is 3.22. The van der Waals surface area contributed by atoms with Gasteiger partial charge in [0.05, 0.1) is 11.7 Å². The average Bonchev–Trinajstić information content (AvgIpc) is 3.10. The number of nitrogens with one attached hydrogen (secondary N) is 2. The molecule has 0 saturated carbocycles. The van der Waals surface area contributed by atoms with Gasteiger partial charge in [0.25, 0.3) is 0 Å². The zero-order chi connectivity index (χ0) is 15.6. The summed E-state index contributed by atoms with van der Waals surface area (Å²) in [4.78, 5) is 3.33. The van der Waals surface area contributed by atoms with E-state index < -0.39 is 0 Å². The van der Waals surface area contributed by atoms with Crippen LogP contribution in [0.2, 0.25) is 0 Å². The summed E-state index contributed by atoms with van der Waals surface area (Å²) in [6, 6.07) is 8.45. The Bertz CT molecular complexity index is 746. The molecule has 2 N–H and O–H groups in total. The molecule has 116 valence electrons. The Kier molecular flexibility index (Phi) is 4.03. The van der Waals surface area contributed by atoms with Gasteiger partial charge in [0.1, 0.15) is 0 Å². The Morgan fingerprint density at radius 2 is 2.05 bits per heavy atom. The Morgan fingerprint density at radius 3 is 2.82 bits per heavy atom. The predicted molar refractivity (Wildman–Crippen MR) is 90.9 cm³/mol. The van der Waals surface area contributed by atoms with Crippen LogP contribution in [0.3, 0.4) is 0 Å². The smallest absolute Gasteiger partial charge is 0.0543 e. The van der Waals surface area contributed by atoms with E-state index in [0.29, 0.717) is 0 Å². The molecule has 0 spiro atoms. The first-order valence-corrected chi connectivity index (χ1v) is 7.84. The minimum Gasteiger partial charge on any atom is -0.361 e. The van der Waals surface area contributed by atoms with Crippen LogP contribution < -0.4 is 5.32 Å². The second-order valence-electron chi connectivity index (χ2n) is 6.75. The second-order valence-corrected chi connectivity index (χ2v) is 6.75. The predicted octanol–water partition coefficient (Wildman–Crippen LogP) is 3.45. The van der Waals surface area contributed by atoms with Gasteiger partial charge in [0.2, 0.25) is 0 Å². The van der Waals surface area contributed by atoms with Gasteiger partial charge in [0, 0.05) is 35.4 Å². The largest absolute Gasteiger partial charge is 0.361 e. The number of fused-ring (bicyclic) bond motifs is 1. The molecule has 0 saturated heterocycles. The minimum atomic E-state index is 0.0439. The Morgan fingerprint density at radius 1 is 1.23 bits per heavy atom.